The molecular formula is C30H29ClN4O5. The number of likely N-dealkylation sites (tertiary alicyclic amines) is 1. The molecule has 4 aromatic rings. The normalized spacial score (nSPS) is 15.2. The Bertz CT molecular complexity index is 1690. The number of ether oxygens (including phenoxy) is 1. The number of halogens is 1. The molecule has 0 bridgehead atoms. The van der Waals surface area contributed by atoms with Gasteiger partial charge in [0.2, 0.25) is 5.91 Å². The summed E-state index contributed by atoms with van der Waals surface area (Å²) in [5.74, 6) is -1.30. The first kappa shape index (κ1) is 26.2. The molecule has 3 heterocycles. The minimum atomic E-state index is -0.533. The van der Waals surface area contributed by atoms with Gasteiger partial charge in [0.25, 0.3) is 11.8 Å². The molecule has 1 aromatic heterocycles. The fourth-order valence-corrected chi connectivity index (χ4v) is 6.14. The van der Waals surface area contributed by atoms with Crippen LogP contribution in [0.3, 0.4) is 0 Å². The van der Waals surface area contributed by atoms with Crippen molar-refractivity contribution in [2.75, 3.05) is 26.2 Å². The minimum Gasteiger partial charge on any atom is -0.504 e. The second-order valence-electron chi connectivity index (χ2n) is 10.3. The van der Waals surface area contributed by atoms with Crippen LogP contribution in [0, 0.1) is 0 Å². The van der Waals surface area contributed by atoms with Crippen molar-refractivity contribution in [3.63, 3.8) is 0 Å². The van der Waals surface area contributed by atoms with E-state index in [1.165, 1.54) is 12.8 Å². The van der Waals surface area contributed by atoms with Gasteiger partial charge in [-0.2, -0.15) is 0 Å². The first-order chi connectivity index (χ1) is 19.3. The molecule has 0 aliphatic carbocycles. The van der Waals surface area contributed by atoms with Gasteiger partial charge in [-0.05, 0) is 56.1 Å². The number of phenols is 1. The molecule has 0 radical (unpaired) electrons. The van der Waals surface area contributed by atoms with Crippen LogP contribution in [0.5, 0.6) is 11.5 Å². The molecule has 2 aliphatic heterocycles. The Hall–Kier alpha value is -4.08. The molecule has 3 aromatic carbocycles. The number of benzene rings is 3. The van der Waals surface area contributed by atoms with Crippen molar-refractivity contribution < 1.29 is 24.2 Å². The largest absolute Gasteiger partial charge is 0.504 e. The van der Waals surface area contributed by atoms with Gasteiger partial charge in [-0.25, -0.2) is 0 Å². The summed E-state index contributed by atoms with van der Waals surface area (Å²) in [6, 6.07) is 12.2. The monoisotopic (exact) mass is 560 g/mol. The number of aryl methyl sites for hydroxylation is 1. The molecule has 1 saturated heterocycles. The van der Waals surface area contributed by atoms with Gasteiger partial charge in [0.1, 0.15) is 0 Å². The van der Waals surface area contributed by atoms with Gasteiger partial charge < -0.3 is 25.0 Å². The smallest absolute Gasteiger partial charge is 0.259 e. The summed E-state index contributed by atoms with van der Waals surface area (Å²) in [6.07, 6.45) is 3.31. The van der Waals surface area contributed by atoms with Crippen LogP contribution in [0.4, 0.5) is 0 Å². The van der Waals surface area contributed by atoms with E-state index in [4.69, 9.17) is 22.1 Å². The van der Waals surface area contributed by atoms with Gasteiger partial charge in [0.15, 0.2) is 11.5 Å². The van der Waals surface area contributed by atoms with Crippen molar-refractivity contribution in [3.05, 3.63) is 58.6 Å². The average molecular weight is 561 g/mol. The van der Waals surface area contributed by atoms with E-state index >= 15 is 0 Å². The summed E-state index contributed by atoms with van der Waals surface area (Å²) in [5.41, 5.74) is 8.30. The maximum atomic E-state index is 13.2. The number of primary amides is 1. The van der Waals surface area contributed by atoms with E-state index in [2.05, 4.69) is 10.2 Å². The van der Waals surface area contributed by atoms with Crippen molar-refractivity contribution in [3.8, 4) is 22.6 Å². The highest BCUT2D eigenvalue weighted by Crippen LogP contribution is 2.44. The molecule has 0 spiro atoms. The molecule has 40 heavy (non-hydrogen) atoms. The SMILES string of the molecule is NC(=O)CCn1c2cc(OCCCN3CCCC3)c(O)cc2c2c3c(c(-c4ccccc4Cl)cc21)C(=O)NC3=O. The lowest BCUT2D eigenvalue weighted by atomic mass is 9.93. The summed E-state index contributed by atoms with van der Waals surface area (Å²) >= 11 is 6.52. The van der Waals surface area contributed by atoms with E-state index < -0.39 is 17.7 Å². The van der Waals surface area contributed by atoms with Crippen molar-refractivity contribution in [2.24, 2.45) is 5.73 Å². The first-order valence-corrected chi connectivity index (χ1v) is 13.8. The number of nitrogens with one attached hydrogen (secondary N) is 1. The maximum absolute atomic E-state index is 13.2. The predicted molar refractivity (Wildman–Crippen MR) is 153 cm³/mol. The highest BCUT2D eigenvalue weighted by molar-refractivity contribution is 6.36. The molecule has 9 nitrogen and oxygen atoms in total. The van der Waals surface area contributed by atoms with E-state index in [1.54, 1.807) is 36.4 Å². The number of hydrogen-bond donors (Lipinski definition) is 3. The van der Waals surface area contributed by atoms with Crippen molar-refractivity contribution in [2.45, 2.75) is 32.2 Å². The molecule has 0 atom stereocenters. The molecular weight excluding hydrogens is 532 g/mol. The quantitative estimate of drug-likeness (QED) is 0.205. The van der Waals surface area contributed by atoms with Gasteiger partial charge in [-0.3, -0.25) is 19.7 Å². The Morgan fingerprint density at radius 2 is 1.75 bits per heavy atom. The molecule has 10 heteroatoms. The Balaban J connectivity index is 1.52. The van der Waals surface area contributed by atoms with Gasteiger partial charge in [-0.15, -0.1) is 0 Å². The number of aromatic nitrogens is 1. The van der Waals surface area contributed by atoms with Crippen LogP contribution in [0.1, 0.15) is 46.4 Å². The number of hydrogen-bond acceptors (Lipinski definition) is 6. The Kier molecular flexibility index (Phi) is 6.85. The van der Waals surface area contributed by atoms with Gasteiger partial charge >= 0.3 is 0 Å². The number of aromatic hydroxyl groups is 1. The number of fused-ring (bicyclic) bond motifs is 5. The number of nitrogens with two attached hydrogens (primary N) is 1. The number of phenolic OH excluding ortho intramolecular Hbond substituents is 1. The minimum absolute atomic E-state index is 0.0510. The van der Waals surface area contributed by atoms with Crippen LogP contribution in [-0.2, 0) is 11.3 Å². The standard InChI is InChI=1S/C30H29ClN4O5/c31-20-7-2-1-6-17(20)18-14-22-26(28-27(18)29(38)33-30(28)39)19-15-23(36)24(16-21(19)35(22)12-8-25(32)37)40-13-5-11-34-9-3-4-10-34/h1-2,6-7,14-16,36H,3-5,8-13H2,(H2,32,37)(H,33,38,39). The van der Waals surface area contributed by atoms with Gasteiger partial charge in [-0.1, -0.05) is 29.8 Å². The zero-order valence-electron chi connectivity index (χ0n) is 21.8. The number of carbonyl (C=O) groups is 3. The summed E-state index contributed by atoms with van der Waals surface area (Å²) < 4.78 is 7.87. The maximum Gasteiger partial charge on any atom is 0.259 e. The molecule has 2 aliphatic rings. The lowest BCUT2D eigenvalue weighted by molar-refractivity contribution is -0.118. The fraction of sp³-hybridized carbons (Fsp3) is 0.300. The average Bonchev–Trinajstić information content (AvgIpc) is 3.62. The number of nitrogens with zero attached hydrogens (tertiary/aromatic N) is 2. The third-order valence-electron chi connectivity index (χ3n) is 7.74. The second-order valence-corrected chi connectivity index (χ2v) is 10.7. The molecule has 206 valence electrons. The number of carbonyl (C=O) groups excluding carboxylic acids is 3. The highest BCUT2D eigenvalue weighted by atomic mass is 35.5. The van der Waals surface area contributed by atoms with E-state index in [-0.39, 0.29) is 29.8 Å². The number of imide groups is 1. The fourth-order valence-electron chi connectivity index (χ4n) is 5.90. The lowest BCUT2D eigenvalue weighted by Gasteiger charge is -2.15. The van der Waals surface area contributed by atoms with Crippen molar-refractivity contribution in [1.82, 2.24) is 14.8 Å². The molecule has 3 amide bonds. The molecule has 6 rings (SSSR count). The molecule has 1 fully saturated rings. The predicted octanol–water partition coefficient (Wildman–Crippen LogP) is 4.44. The van der Waals surface area contributed by atoms with Crippen molar-refractivity contribution >= 4 is 51.1 Å². The van der Waals surface area contributed by atoms with Crippen LogP contribution in [-0.4, -0.2) is 58.5 Å². The zero-order valence-corrected chi connectivity index (χ0v) is 22.6. The van der Waals surface area contributed by atoms with Crippen LogP contribution in [0.15, 0.2) is 42.5 Å². The summed E-state index contributed by atoms with van der Waals surface area (Å²) in [6.45, 7) is 3.80. The second kappa shape index (κ2) is 10.5. The summed E-state index contributed by atoms with van der Waals surface area (Å²) in [4.78, 5) is 40.4. The lowest BCUT2D eigenvalue weighted by Crippen LogP contribution is -2.21. The van der Waals surface area contributed by atoms with E-state index in [0.717, 1.165) is 26.1 Å². The first-order valence-electron chi connectivity index (χ1n) is 13.4. The van der Waals surface area contributed by atoms with E-state index in [9.17, 15) is 19.5 Å². The van der Waals surface area contributed by atoms with Crippen LogP contribution >= 0.6 is 11.6 Å². The van der Waals surface area contributed by atoms with Crippen LogP contribution in [0.2, 0.25) is 5.02 Å². The molecule has 4 N–H and O–H groups in total. The topological polar surface area (TPSA) is 127 Å². The summed E-state index contributed by atoms with van der Waals surface area (Å²) in [5, 5.41) is 14.9. The molecule has 0 saturated carbocycles. The van der Waals surface area contributed by atoms with Crippen LogP contribution < -0.4 is 15.8 Å². The van der Waals surface area contributed by atoms with Gasteiger partial charge in [0.05, 0.1) is 28.8 Å². The van der Waals surface area contributed by atoms with Crippen LogP contribution in [0.25, 0.3) is 32.9 Å². The zero-order chi connectivity index (χ0) is 28.0. The number of rotatable bonds is 9. The third-order valence-corrected chi connectivity index (χ3v) is 8.07. The third kappa shape index (κ3) is 4.55. The Labute approximate surface area is 235 Å². The number of amides is 3. The molecule has 0 unspecified atom stereocenters. The summed E-state index contributed by atoms with van der Waals surface area (Å²) in [7, 11) is 0. The highest BCUT2D eigenvalue weighted by Gasteiger charge is 2.35. The van der Waals surface area contributed by atoms with Crippen molar-refractivity contribution in [1.29, 1.82) is 0 Å². The Morgan fingerprint density at radius 3 is 2.50 bits per heavy atom. The van der Waals surface area contributed by atoms with Gasteiger partial charge in [0, 0.05) is 46.9 Å². The Morgan fingerprint density at radius 1 is 1.00 bits per heavy atom. The van der Waals surface area contributed by atoms with E-state index in [1.807, 2.05) is 10.6 Å². The van der Waals surface area contributed by atoms with E-state index in [0.29, 0.717) is 50.3 Å².